The summed E-state index contributed by atoms with van der Waals surface area (Å²) in [7, 11) is 0. The Morgan fingerprint density at radius 3 is 2.71 bits per heavy atom. The summed E-state index contributed by atoms with van der Waals surface area (Å²) < 4.78 is 1.67. The van der Waals surface area contributed by atoms with E-state index < -0.39 is 0 Å². The minimum atomic E-state index is 0.567. The monoisotopic (exact) mass is 187 g/mol. The summed E-state index contributed by atoms with van der Waals surface area (Å²) >= 11 is 0. The van der Waals surface area contributed by atoms with Gasteiger partial charge >= 0.3 is 0 Å². The lowest BCUT2D eigenvalue weighted by atomic mass is 10.3. The van der Waals surface area contributed by atoms with E-state index in [4.69, 9.17) is 0 Å². The highest BCUT2D eigenvalue weighted by Gasteiger charge is 1.98. The molecule has 0 N–H and O–H groups in total. The maximum atomic E-state index is 10.4. The molecule has 0 amide bonds. The molecule has 0 aliphatic heterocycles. The van der Waals surface area contributed by atoms with Crippen LogP contribution in [0.15, 0.2) is 30.7 Å². The van der Waals surface area contributed by atoms with Crippen molar-refractivity contribution in [2.45, 2.75) is 6.92 Å². The van der Waals surface area contributed by atoms with E-state index >= 15 is 0 Å². The first-order valence-electron chi connectivity index (χ1n) is 4.22. The molecular weight excluding hydrogens is 178 g/mol. The van der Waals surface area contributed by atoms with Gasteiger partial charge < -0.3 is 0 Å². The second-order valence-corrected chi connectivity index (χ2v) is 3.03. The van der Waals surface area contributed by atoms with Gasteiger partial charge in [0.25, 0.3) is 0 Å². The van der Waals surface area contributed by atoms with Gasteiger partial charge in [0, 0.05) is 18.0 Å². The number of aromatic nitrogens is 3. The number of pyridine rings is 1. The first kappa shape index (κ1) is 8.62. The average Bonchev–Trinajstić information content (AvgIpc) is 2.65. The van der Waals surface area contributed by atoms with Crippen molar-refractivity contribution in [3.8, 4) is 5.82 Å². The van der Waals surface area contributed by atoms with Gasteiger partial charge in [0.2, 0.25) is 0 Å². The van der Waals surface area contributed by atoms with Crippen molar-refractivity contribution in [1.29, 1.82) is 0 Å². The van der Waals surface area contributed by atoms with Crippen LogP contribution in [0, 0.1) is 6.92 Å². The van der Waals surface area contributed by atoms with Crippen LogP contribution in [0.25, 0.3) is 5.82 Å². The molecular formula is C10H9N3O. The van der Waals surface area contributed by atoms with Crippen molar-refractivity contribution in [2.75, 3.05) is 0 Å². The van der Waals surface area contributed by atoms with E-state index in [0.29, 0.717) is 11.4 Å². The molecule has 0 aromatic carbocycles. The second kappa shape index (κ2) is 3.41. The van der Waals surface area contributed by atoms with Gasteiger partial charge in [0.1, 0.15) is 0 Å². The number of aryl methyl sites for hydroxylation is 1. The van der Waals surface area contributed by atoms with E-state index in [1.807, 2.05) is 13.1 Å². The predicted molar refractivity (Wildman–Crippen MR) is 51.5 cm³/mol. The second-order valence-electron chi connectivity index (χ2n) is 3.03. The Kier molecular flexibility index (Phi) is 2.10. The van der Waals surface area contributed by atoms with E-state index in [1.54, 1.807) is 23.0 Å². The van der Waals surface area contributed by atoms with Crippen LogP contribution < -0.4 is 0 Å². The van der Waals surface area contributed by atoms with E-state index in [1.165, 1.54) is 6.20 Å². The predicted octanol–water partition coefficient (Wildman–Crippen LogP) is 1.39. The SMILES string of the molecule is Cc1cnn(-c2ccc(C=O)cn2)c1. The Labute approximate surface area is 81.2 Å². The number of nitrogens with zero attached hydrogens (tertiary/aromatic N) is 3. The van der Waals surface area contributed by atoms with Crippen LogP contribution in [-0.4, -0.2) is 21.1 Å². The first-order chi connectivity index (χ1) is 6.79. The molecule has 14 heavy (non-hydrogen) atoms. The van der Waals surface area contributed by atoms with Gasteiger partial charge in [-0.3, -0.25) is 4.79 Å². The minimum absolute atomic E-state index is 0.567. The summed E-state index contributed by atoms with van der Waals surface area (Å²) in [4.78, 5) is 14.5. The Morgan fingerprint density at radius 1 is 1.36 bits per heavy atom. The maximum Gasteiger partial charge on any atom is 0.153 e. The molecule has 0 spiro atoms. The Morgan fingerprint density at radius 2 is 2.21 bits per heavy atom. The topological polar surface area (TPSA) is 47.8 Å². The van der Waals surface area contributed by atoms with Crippen LogP contribution in [0.3, 0.4) is 0 Å². The third-order valence-electron chi connectivity index (χ3n) is 1.85. The van der Waals surface area contributed by atoms with Crippen molar-refractivity contribution in [2.24, 2.45) is 0 Å². The molecule has 4 nitrogen and oxygen atoms in total. The molecule has 0 atom stereocenters. The fraction of sp³-hybridized carbons (Fsp3) is 0.100. The highest BCUT2D eigenvalue weighted by Crippen LogP contribution is 2.04. The number of carbonyl (C=O) groups excluding carboxylic acids is 1. The summed E-state index contributed by atoms with van der Waals surface area (Å²) in [6.45, 7) is 1.96. The van der Waals surface area contributed by atoms with E-state index in [0.717, 1.165) is 11.8 Å². The smallest absolute Gasteiger partial charge is 0.153 e. The van der Waals surface area contributed by atoms with Crippen LogP contribution in [0.4, 0.5) is 0 Å². The van der Waals surface area contributed by atoms with E-state index in [2.05, 4.69) is 10.1 Å². The first-order valence-corrected chi connectivity index (χ1v) is 4.22. The average molecular weight is 187 g/mol. The Hall–Kier alpha value is -1.97. The molecule has 2 aromatic heterocycles. The van der Waals surface area contributed by atoms with Crippen LogP contribution in [0.1, 0.15) is 15.9 Å². The van der Waals surface area contributed by atoms with Gasteiger partial charge in [0.15, 0.2) is 12.1 Å². The van der Waals surface area contributed by atoms with Crippen molar-refractivity contribution in [3.63, 3.8) is 0 Å². The summed E-state index contributed by atoms with van der Waals surface area (Å²) in [6.07, 6.45) is 5.93. The lowest BCUT2D eigenvalue weighted by molar-refractivity contribution is 0.112. The fourth-order valence-electron chi connectivity index (χ4n) is 1.14. The van der Waals surface area contributed by atoms with Gasteiger partial charge in [-0.05, 0) is 24.6 Å². The third-order valence-corrected chi connectivity index (χ3v) is 1.85. The van der Waals surface area contributed by atoms with Crippen molar-refractivity contribution < 1.29 is 4.79 Å². The molecule has 0 fully saturated rings. The molecule has 0 bridgehead atoms. The fourth-order valence-corrected chi connectivity index (χ4v) is 1.14. The van der Waals surface area contributed by atoms with Crippen LogP contribution in [0.2, 0.25) is 0 Å². The number of aldehydes is 1. The molecule has 2 rings (SSSR count). The molecule has 0 saturated carbocycles. The van der Waals surface area contributed by atoms with E-state index in [9.17, 15) is 4.79 Å². The summed E-state index contributed by atoms with van der Waals surface area (Å²) in [6, 6.07) is 3.47. The van der Waals surface area contributed by atoms with Crippen LogP contribution in [-0.2, 0) is 0 Å². The summed E-state index contributed by atoms with van der Waals surface area (Å²) in [5.74, 6) is 0.712. The van der Waals surface area contributed by atoms with Gasteiger partial charge in [-0.25, -0.2) is 9.67 Å². The number of hydrogen-bond donors (Lipinski definition) is 0. The minimum Gasteiger partial charge on any atom is -0.298 e. The zero-order valence-corrected chi connectivity index (χ0v) is 7.71. The van der Waals surface area contributed by atoms with E-state index in [-0.39, 0.29) is 0 Å². The summed E-state index contributed by atoms with van der Waals surface area (Å²) in [5, 5.41) is 4.11. The third kappa shape index (κ3) is 1.54. The number of rotatable bonds is 2. The van der Waals surface area contributed by atoms with Crippen molar-refractivity contribution in [1.82, 2.24) is 14.8 Å². The lowest BCUT2D eigenvalue weighted by Crippen LogP contribution is -1.97. The molecule has 0 unspecified atom stereocenters. The van der Waals surface area contributed by atoms with Gasteiger partial charge in [0.05, 0.1) is 6.20 Å². The maximum absolute atomic E-state index is 10.4. The molecule has 0 radical (unpaired) electrons. The molecule has 0 saturated heterocycles. The lowest BCUT2D eigenvalue weighted by Gasteiger charge is -1.98. The van der Waals surface area contributed by atoms with Gasteiger partial charge in [-0.1, -0.05) is 0 Å². The van der Waals surface area contributed by atoms with Crippen molar-refractivity contribution >= 4 is 6.29 Å². The molecule has 2 aromatic rings. The Bertz CT molecular complexity index is 445. The molecule has 0 aliphatic carbocycles. The van der Waals surface area contributed by atoms with Crippen LogP contribution >= 0.6 is 0 Å². The largest absolute Gasteiger partial charge is 0.298 e. The van der Waals surface area contributed by atoms with Gasteiger partial charge in [-0.15, -0.1) is 0 Å². The standard InChI is InChI=1S/C10H9N3O/c1-8-4-12-13(6-8)10-3-2-9(7-14)5-11-10/h2-7H,1H3. The zero-order valence-electron chi connectivity index (χ0n) is 7.71. The zero-order chi connectivity index (χ0) is 9.97. The quantitative estimate of drug-likeness (QED) is 0.667. The highest BCUT2D eigenvalue weighted by molar-refractivity contribution is 5.74. The number of hydrogen-bond acceptors (Lipinski definition) is 3. The molecule has 4 heteroatoms. The number of carbonyl (C=O) groups is 1. The summed E-state index contributed by atoms with van der Waals surface area (Å²) in [5.41, 5.74) is 1.64. The molecule has 70 valence electrons. The molecule has 0 aliphatic rings. The normalized spacial score (nSPS) is 10.1. The molecule has 2 heterocycles. The van der Waals surface area contributed by atoms with Crippen molar-refractivity contribution in [3.05, 3.63) is 41.9 Å². The van der Waals surface area contributed by atoms with Gasteiger partial charge in [-0.2, -0.15) is 5.10 Å². The highest BCUT2D eigenvalue weighted by atomic mass is 16.1. The van der Waals surface area contributed by atoms with Crippen LogP contribution in [0.5, 0.6) is 0 Å². The Balaban J connectivity index is 2.38.